The molecule has 82 valence electrons. The van der Waals surface area contributed by atoms with Gasteiger partial charge in [-0.05, 0) is 17.9 Å². The van der Waals surface area contributed by atoms with Crippen molar-refractivity contribution in [3.63, 3.8) is 0 Å². The molecule has 1 saturated carbocycles. The van der Waals surface area contributed by atoms with E-state index in [1.54, 1.807) is 6.20 Å². The first-order valence-electron chi connectivity index (χ1n) is 5.23. The van der Waals surface area contributed by atoms with Crippen molar-refractivity contribution in [2.45, 2.75) is 33.2 Å². The highest BCUT2D eigenvalue weighted by Crippen LogP contribution is 2.64. The van der Waals surface area contributed by atoms with Crippen molar-refractivity contribution >= 4 is 5.97 Å². The number of rotatable bonds is 3. The zero-order valence-corrected chi connectivity index (χ0v) is 9.27. The van der Waals surface area contributed by atoms with Crippen LogP contribution in [0.3, 0.4) is 0 Å². The quantitative estimate of drug-likeness (QED) is 0.823. The molecule has 2 rings (SSSR count). The largest absolute Gasteiger partial charge is 0.481 e. The van der Waals surface area contributed by atoms with Crippen LogP contribution in [0, 0.1) is 11.3 Å². The molecule has 1 aliphatic rings. The summed E-state index contributed by atoms with van der Waals surface area (Å²) in [5.74, 6) is -0.837. The van der Waals surface area contributed by atoms with Crippen molar-refractivity contribution in [1.82, 2.24) is 9.78 Å². The van der Waals surface area contributed by atoms with Crippen LogP contribution >= 0.6 is 0 Å². The summed E-state index contributed by atoms with van der Waals surface area (Å²) in [6.45, 7) is 6.84. The highest BCUT2D eigenvalue weighted by molar-refractivity contribution is 5.77. The topological polar surface area (TPSA) is 55.1 Å². The zero-order valence-electron chi connectivity index (χ0n) is 9.27. The molecule has 0 bridgehead atoms. The molecule has 4 heteroatoms. The molecule has 0 amide bonds. The van der Waals surface area contributed by atoms with E-state index in [2.05, 4.69) is 5.10 Å². The molecule has 15 heavy (non-hydrogen) atoms. The van der Waals surface area contributed by atoms with Crippen molar-refractivity contribution in [2.24, 2.45) is 11.3 Å². The molecule has 0 aliphatic heterocycles. The normalized spacial score (nSPS) is 27.7. The summed E-state index contributed by atoms with van der Waals surface area (Å²) in [7, 11) is 0. The minimum atomic E-state index is -0.700. The number of carboxylic acid groups (broad SMARTS) is 1. The molecule has 2 atom stereocenters. The third-order valence-corrected chi connectivity index (χ3v) is 3.43. The molecular weight excluding hydrogens is 192 g/mol. The van der Waals surface area contributed by atoms with Crippen LogP contribution in [-0.2, 0) is 11.3 Å². The van der Waals surface area contributed by atoms with E-state index in [0.717, 1.165) is 12.1 Å². The Hall–Kier alpha value is -1.32. The Morgan fingerprint density at radius 2 is 2.33 bits per heavy atom. The molecule has 4 nitrogen and oxygen atoms in total. The van der Waals surface area contributed by atoms with E-state index in [0.29, 0.717) is 0 Å². The van der Waals surface area contributed by atoms with E-state index in [9.17, 15) is 4.79 Å². The first-order valence-corrected chi connectivity index (χ1v) is 5.23. The van der Waals surface area contributed by atoms with Crippen LogP contribution in [0.1, 0.15) is 32.3 Å². The van der Waals surface area contributed by atoms with Crippen molar-refractivity contribution in [3.8, 4) is 0 Å². The third kappa shape index (κ3) is 1.44. The van der Waals surface area contributed by atoms with Gasteiger partial charge < -0.3 is 5.11 Å². The maximum absolute atomic E-state index is 11.0. The van der Waals surface area contributed by atoms with E-state index in [-0.39, 0.29) is 17.3 Å². The summed E-state index contributed by atoms with van der Waals surface area (Å²) >= 11 is 0. The lowest BCUT2D eigenvalue weighted by Crippen LogP contribution is -2.03. The van der Waals surface area contributed by atoms with E-state index >= 15 is 0 Å². The standard InChI is InChI=1S/C11H16N2O2/c1-4-13-6-7(5-12-13)8-9(10(14)15)11(8,2)3/h5-6,8-9H,4H2,1-3H3,(H,14,15)/t8-,9+/m1/s1. The summed E-state index contributed by atoms with van der Waals surface area (Å²) in [5, 5.41) is 13.2. The van der Waals surface area contributed by atoms with Crippen LogP contribution in [0.4, 0.5) is 0 Å². The van der Waals surface area contributed by atoms with Gasteiger partial charge in [0.15, 0.2) is 0 Å². The predicted octanol–water partition coefficient (Wildman–Crippen LogP) is 1.73. The van der Waals surface area contributed by atoms with Gasteiger partial charge in [0.05, 0.1) is 12.1 Å². The predicted molar refractivity (Wildman–Crippen MR) is 55.5 cm³/mol. The minimum absolute atomic E-state index is 0.121. The number of carbonyl (C=O) groups is 1. The van der Waals surface area contributed by atoms with Gasteiger partial charge in [-0.15, -0.1) is 0 Å². The number of aliphatic carboxylic acids is 1. The SMILES string of the molecule is CCn1cc([C@@H]2[C@@H](C(=O)O)C2(C)C)cn1. The summed E-state index contributed by atoms with van der Waals surface area (Å²) in [4.78, 5) is 11.0. The van der Waals surface area contributed by atoms with Gasteiger partial charge in [0.2, 0.25) is 0 Å². The zero-order chi connectivity index (χ0) is 11.2. The van der Waals surface area contributed by atoms with Gasteiger partial charge in [-0.2, -0.15) is 5.10 Å². The molecule has 1 fully saturated rings. The van der Waals surface area contributed by atoms with Crippen molar-refractivity contribution in [1.29, 1.82) is 0 Å². The molecule has 1 aromatic heterocycles. The lowest BCUT2D eigenvalue weighted by Gasteiger charge is -1.98. The highest BCUT2D eigenvalue weighted by atomic mass is 16.4. The Labute approximate surface area is 88.9 Å². The van der Waals surface area contributed by atoms with Gasteiger partial charge in [-0.25, -0.2) is 0 Å². The van der Waals surface area contributed by atoms with Crippen LogP contribution in [0.25, 0.3) is 0 Å². The van der Waals surface area contributed by atoms with Crippen LogP contribution in [0.5, 0.6) is 0 Å². The molecule has 0 aromatic carbocycles. The van der Waals surface area contributed by atoms with E-state index in [1.165, 1.54) is 0 Å². The van der Waals surface area contributed by atoms with Crippen LogP contribution < -0.4 is 0 Å². The number of aryl methyl sites for hydroxylation is 1. The van der Waals surface area contributed by atoms with Crippen molar-refractivity contribution < 1.29 is 9.90 Å². The van der Waals surface area contributed by atoms with Gasteiger partial charge in [0, 0.05) is 18.7 Å². The smallest absolute Gasteiger partial charge is 0.307 e. The van der Waals surface area contributed by atoms with Gasteiger partial charge in [-0.1, -0.05) is 13.8 Å². The van der Waals surface area contributed by atoms with Gasteiger partial charge in [0.1, 0.15) is 0 Å². The lowest BCUT2D eigenvalue weighted by molar-refractivity contribution is -0.139. The van der Waals surface area contributed by atoms with E-state index in [4.69, 9.17) is 5.11 Å². The fourth-order valence-electron chi connectivity index (χ4n) is 2.43. The summed E-state index contributed by atoms with van der Waals surface area (Å²) in [6.07, 6.45) is 3.74. The Morgan fingerprint density at radius 3 is 2.73 bits per heavy atom. The van der Waals surface area contributed by atoms with Crippen LogP contribution in [-0.4, -0.2) is 20.9 Å². The van der Waals surface area contributed by atoms with Gasteiger partial charge in [0.25, 0.3) is 0 Å². The number of aromatic nitrogens is 2. The molecule has 1 aliphatic carbocycles. The minimum Gasteiger partial charge on any atom is -0.481 e. The second kappa shape index (κ2) is 3.08. The summed E-state index contributed by atoms with van der Waals surface area (Å²) in [6, 6.07) is 0. The molecular formula is C11H16N2O2. The average Bonchev–Trinajstić information content (AvgIpc) is 2.59. The molecule has 0 radical (unpaired) electrons. The number of nitrogens with zero attached hydrogens (tertiary/aromatic N) is 2. The fourth-order valence-corrected chi connectivity index (χ4v) is 2.43. The Kier molecular flexibility index (Phi) is 2.10. The average molecular weight is 208 g/mol. The molecule has 1 N–H and O–H groups in total. The molecule has 1 aromatic rings. The van der Waals surface area contributed by atoms with Gasteiger partial charge in [-0.3, -0.25) is 9.48 Å². The van der Waals surface area contributed by atoms with Crippen molar-refractivity contribution in [3.05, 3.63) is 18.0 Å². The van der Waals surface area contributed by atoms with E-state index < -0.39 is 5.97 Å². The molecule has 1 heterocycles. The van der Waals surface area contributed by atoms with Gasteiger partial charge >= 0.3 is 5.97 Å². The first-order chi connectivity index (χ1) is 6.98. The number of hydrogen-bond donors (Lipinski definition) is 1. The third-order valence-electron chi connectivity index (χ3n) is 3.43. The summed E-state index contributed by atoms with van der Waals surface area (Å²) < 4.78 is 1.84. The second-order valence-corrected chi connectivity index (χ2v) is 4.74. The lowest BCUT2D eigenvalue weighted by atomic mass is 10.1. The Morgan fingerprint density at radius 1 is 1.67 bits per heavy atom. The van der Waals surface area contributed by atoms with Crippen LogP contribution in [0.15, 0.2) is 12.4 Å². The maximum Gasteiger partial charge on any atom is 0.307 e. The molecule has 0 saturated heterocycles. The molecule has 0 spiro atoms. The number of hydrogen-bond acceptors (Lipinski definition) is 2. The highest BCUT2D eigenvalue weighted by Gasteiger charge is 2.63. The summed E-state index contributed by atoms with van der Waals surface area (Å²) in [5.41, 5.74) is 0.919. The first kappa shape index (κ1) is 10.2. The monoisotopic (exact) mass is 208 g/mol. The molecule has 0 unspecified atom stereocenters. The fraction of sp³-hybridized carbons (Fsp3) is 0.636. The number of carboxylic acids is 1. The van der Waals surface area contributed by atoms with Crippen LogP contribution in [0.2, 0.25) is 0 Å². The van der Waals surface area contributed by atoms with E-state index in [1.807, 2.05) is 31.6 Å². The van der Waals surface area contributed by atoms with Crippen molar-refractivity contribution in [2.75, 3.05) is 0 Å². The maximum atomic E-state index is 11.0. The Bertz CT molecular complexity index is 395. The Balaban J connectivity index is 2.23. The second-order valence-electron chi connectivity index (χ2n) is 4.74.